The fraction of sp³-hybridized carbons (Fsp3) is 0.735. The van der Waals surface area contributed by atoms with E-state index < -0.39 is 71.8 Å². The zero-order valence-corrected chi connectivity index (χ0v) is 38.4. The number of ketones is 3. The number of aliphatic hydroxyl groups is 4. The zero-order valence-electron chi connectivity index (χ0n) is 38.4. The van der Waals surface area contributed by atoms with Gasteiger partial charge in [-0.05, 0) is 107 Å². The summed E-state index contributed by atoms with van der Waals surface area (Å²) in [5, 5.41) is 44.4. The van der Waals surface area contributed by atoms with Crippen molar-refractivity contribution in [2.45, 2.75) is 180 Å². The second-order valence-electron chi connectivity index (χ2n) is 19.1. The number of amides is 1. The van der Waals surface area contributed by atoms with Crippen LogP contribution in [0, 0.1) is 35.5 Å². The summed E-state index contributed by atoms with van der Waals surface area (Å²) in [7, 11) is 1.56. The minimum absolute atomic E-state index is 0.0622. The molecule has 348 valence electrons. The molecule has 0 aromatic carbocycles. The Morgan fingerprint density at radius 1 is 0.839 bits per heavy atom. The summed E-state index contributed by atoms with van der Waals surface area (Å²) >= 11 is 0. The molecule has 3 heterocycles. The van der Waals surface area contributed by atoms with Crippen molar-refractivity contribution in [3.05, 3.63) is 47.6 Å². The number of methoxy groups -OCH3 is 1. The maximum atomic E-state index is 14.3. The topological polar surface area (TPSA) is 197 Å². The quantitative estimate of drug-likeness (QED) is 0.149. The molecule has 0 spiro atoms. The van der Waals surface area contributed by atoms with Crippen molar-refractivity contribution >= 4 is 29.2 Å². The van der Waals surface area contributed by atoms with Gasteiger partial charge in [-0.25, -0.2) is 4.79 Å². The number of carbonyl (C=O) groups is 5. The van der Waals surface area contributed by atoms with Gasteiger partial charge in [-0.1, -0.05) is 71.1 Å². The molecular formula is C49H75NO12. The summed E-state index contributed by atoms with van der Waals surface area (Å²) in [4.78, 5) is 70.8. The first-order chi connectivity index (χ1) is 29.2. The van der Waals surface area contributed by atoms with Crippen molar-refractivity contribution in [2.24, 2.45) is 35.5 Å². The highest BCUT2D eigenvalue weighted by molar-refractivity contribution is 6.39. The summed E-state index contributed by atoms with van der Waals surface area (Å²) in [6.45, 7) is 12.6. The van der Waals surface area contributed by atoms with Crippen LogP contribution in [0.15, 0.2) is 47.6 Å². The van der Waals surface area contributed by atoms with E-state index in [9.17, 15) is 44.4 Å². The molecular weight excluding hydrogens is 795 g/mol. The van der Waals surface area contributed by atoms with Crippen LogP contribution in [0.4, 0.5) is 0 Å². The third-order valence-corrected chi connectivity index (χ3v) is 13.9. The molecule has 62 heavy (non-hydrogen) atoms. The Morgan fingerprint density at radius 3 is 2.27 bits per heavy atom. The van der Waals surface area contributed by atoms with Gasteiger partial charge < -0.3 is 39.5 Å². The Bertz CT molecular complexity index is 1690. The number of hydrogen-bond donors (Lipinski definition) is 4. The molecule has 2 saturated heterocycles. The Hall–Kier alpha value is -3.33. The molecule has 3 fully saturated rings. The van der Waals surface area contributed by atoms with Gasteiger partial charge >= 0.3 is 5.97 Å². The number of piperidine rings is 1. The second kappa shape index (κ2) is 23.6. The van der Waals surface area contributed by atoms with Crippen molar-refractivity contribution in [1.29, 1.82) is 0 Å². The molecule has 1 amide bonds. The Morgan fingerprint density at radius 2 is 1.56 bits per heavy atom. The maximum absolute atomic E-state index is 14.3. The second-order valence-corrected chi connectivity index (χ2v) is 19.1. The summed E-state index contributed by atoms with van der Waals surface area (Å²) < 4.78 is 17.8. The molecule has 0 unspecified atom stereocenters. The van der Waals surface area contributed by atoms with E-state index in [2.05, 4.69) is 0 Å². The smallest absolute Gasteiger partial charge is 0.329 e. The lowest BCUT2D eigenvalue weighted by Gasteiger charge is -2.42. The van der Waals surface area contributed by atoms with Crippen molar-refractivity contribution in [1.82, 2.24) is 4.90 Å². The third kappa shape index (κ3) is 13.8. The van der Waals surface area contributed by atoms with Gasteiger partial charge in [0, 0.05) is 50.7 Å². The van der Waals surface area contributed by atoms with Crippen LogP contribution >= 0.6 is 0 Å². The molecule has 1 saturated carbocycles. The SMILES string of the molecule is CO[C@@H]1C[C@@H](C[C@@H](C)[C@@H]2CC(=O)[C@H](C)/C=C(\C)[C@@H](O)CC(=O)[C@H](C)C[C@H](C)\C=C/C=C/C=C(\C)[C@@H](O)C[C@@H]3CC[C@@H](C)[C@@](O)(O3)C(=O)C(=O)N3CCCC[C@H]3C(=O)O2)CC[C@H]1O. The number of ether oxygens (including phenoxy) is 3. The molecule has 13 heteroatoms. The molecule has 4 aliphatic rings. The van der Waals surface area contributed by atoms with Crippen LogP contribution in [-0.2, 0) is 38.2 Å². The normalized spacial score (nSPS) is 40.6. The Balaban J connectivity index is 1.66. The van der Waals surface area contributed by atoms with E-state index in [0.29, 0.717) is 62.5 Å². The van der Waals surface area contributed by atoms with Gasteiger partial charge in [-0.2, -0.15) is 0 Å². The summed E-state index contributed by atoms with van der Waals surface area (Å²) in [6.07, 6.45) is 11.3. The first-order valence-corrected chi connectivity index (χ1v) is 23.0. The van der Waals surface area contributed by atoms with Crippen LogP contribution in [0.1, 0.15) is 132 Å². The molecule has 14 atom stereocenters. The number of rotatable bonds is 4. The molecule has 4 N–H and O–H groups in total. The van der Waals surface area contributed by atoms with E-state index in [1.165, 1.54) is 4.90 Å². The predicted molar refractivity (Wildman–Crippen MR) is 234 cm³/mol. The average Bonchev–Trinajstić information content (AvgIpc) is 3.23. The summed E-state index contributed by atoms with van der Waals surface area (Å²) in [5.74, 6) is -7.65. The number of carbonyl (C=O) groups excluding carboxylic acids is 5. The van der Waals surface area contributed by atoms with Crippen LogP contribution in [0.2, 0.25) is 0 Å². The lowest BCUT2D eigenvalue weighted by Crippen LogP contribution is -2.61. The first kappa shape index (κ1) is 51.3. The third-order valence-electron chi connectivity index (χ3n) is 13.9. The average molecular weight is 870 g/mol. The number of esters is 1. The monoisotopic (exact) mass is 870 g/mol. The van der Waals surface area contributed by atoms with Crippen molar-refractivity contribution in [2.75, 3.05) is 13.7 Å². The number of aliphatic hydroxyl groups excluding tert-OH is 3. The Kier molecular flexibility index (Phi) is 19.5. The van der Waals surface area contributed by atoms with E-state index in [1.807, 2.05) is 39.0 Å². The van der Waals surface area contributed by atoms with Crippen LogP contribution in [0.3, 0.4) is 0 Å². The molecule has 4 rings (SSSR count). The minimum Gasteiger partial charge on any atom is -0.460 e. The number of Topliss-reactive ketones (excluding diaryl/α,β-unsaturated/α-hetero) is 3. The van der Waals surface area contributed by atoms with Crippen LogP contribution in [-0.4, -0.2) is 117 Å². The Labute approximate surface area is 369 Å². The van der Waals surface area contributed by atoms with Gasteiger partial charge in [-0.15, -0.1) is 0 Å². The first-order valence-electron chi connectivity index (χ1n) is 23.0. The predicted octanol–water partition coefficient (Wildman–Crippen LogP) is 5.90. The fourth-order valence-corrected chi connectivity index (χ4v) is 9.51. The number of allylic oxidation sites excluding steroid dienone is 6. The van der Waals surface area contributed by atoms with E-state index >= 15 is 0 Å². The maximum Gasteiger partial charge on any atom is 0.329 e. The lowest BCUT2D eigenvalue weighted by atomic mass is 9.78. The van der Waals surface area contributed by atoms with E-state index in [0.717, 1.165) is 6.42 Å². The largest absolute Gasteiger partial charge is 0.460 e. The van der Waals surface area contributed by atoms with Crippen molar-refractivity contribution < 1.29 is 58.6 Å². The molecule has 0 aromatic rings. The fourth-order valence-electron chi connectivity index (χ4n) is 9.51. The van der Waals surface area contributed by atoms with Crippen LogP contribution in [0.25, 0.3) is 0 Å². The van der Waals surface area contributed by atoms with Crippen molar-refractivity contribution in [3.63, 3.8) is 0 Å². The molecule has 3 aliphatic heterocycles. The van der Waals surface area contributed by atoms with Gasteiger partial charge in [0.1, 0.15) is 23.7 Å². The molecule has 13 nitrogen and oxygen atoms in total. The van der Waals surface area contributed by atoms with E-state index in [-0.39, 0.29) is 73.6 Å². The lowest BCUT2D eigenvalue weighted by molar-refractivity contribution is -0.265. The number of hydrogen-bond acceptors (Lipinski definition) is 12. The standard InChI is InChI=1S/C49H75NO12/c1-29-14-10-9-11-15-30(2)40(52)26-37-19-17-35(7)49(59,62-37)46(56)47(57)50-21-13-12-16-38(50)48(58)61-44(34(6)24-36-18-20-39(51)45(25-36)60-8)28-43(55)33(5)23-32(4)42(54)27-41(53)31(3)22-29/h9-11,14-15,23,29,31,33-40,42,44-45,51-52,54,59H,12-13,16-22,24-28H2,1-8H3/b11-9+,14-10-,30-15+,32-23+/t29-,31-,33-,34-,35-,36-,37+,38+,39-,40+,42+,44+,45-,49-/m1/s1. The van der Waals surface area contributed by atoms with Crippen molar-refractivity contribution in [3.8, 4) is 0 Å². The van der Waals surface area contributed by atoms with Gasteiger partial charge in [0.15, 0.2) is 0 Å². The summed E-state index contributed by atoms with van der Waals surface area (Å²) in [6, 6.07) is -1.14. The van der Waals surface area contributed by atoms with E-state index in [4.69, 9.17) is 14.2 Å². The van der Waals surface area contributed by atoms with Crippen LogP contribution in [0.5, 0.6) is 0 Å². The highest BCUT2D eigenvalue weighted by Gasteiger charge is 2.53. The number of fused-ring (bicyclic) bond motifs is 3. The molecule has 1 aliphatic carbocycles. The van der Waals surface area contributed by atoms with Gasteiger partial charge in [0.2, 0.25) is 5.79 Å². The van der Waals surface area contributed by atoms with Gasteiger partial charge in [-0.3, -0.25) is 19.2 Å². The molecule has 0 radical (unpaired) electrons. The highest BCUT2D eigenvalue weighted by atomic mass is 16.6. The van der Waals surface area contributed by atoms with Gasteiger partial charge in [0.25, 0.3) is 11.7 Å². The highest BCUT2D eigenvalue weighted by Crippen LogP contribution is 2.37. The van der Waals surface area contributed by atoms with E-state index in [1.54, 1.807) is 53.0 Å². The molecule has 2 bridgehead atoms. The zero-order chi connectivity index (χ0) is 45.9. The number of cyclic esters (lactones) is 1. The molecule has 0 aromatic heterocycles. The van der Waals surface area contributed by atoms with Crippen LogP contribution < -0.4 is 0 Å². The minimum atomic E-state index is -2.47. The van der Waals surface area contributed by atoms with Gasteiger partial charge in [0.05, 0.1) is 30.5 Å². The summed E-state index contributed by atoms with van der Waals surface area (Å²) in [5.41, 5.74) is 1.12. The number of nitrogens with zero attached hydrogens (tertiary/aromatic N) is 1.